The number of rotatable bonds is 7. The molecule has 1 saturated heterocycles. The van der Waals surface area contributed by atoms with Gasteiger partial charge in [-0.2, -0.15) is 0 Å². The van der Waals surface area contributed by atoms with Gasteiger partial charge in [0.1, 0.15) is 11.6 Å². The summed E-state index contributed by atoms with van der Waals surface area (Å²) >= 11 is 3.46. The zero-order chi connectivity index (χ0) is 26.0. The van der Waals surface area contributed by atoms with Crippen molar-refractivity contribution in [1.82, 2.24) is 4.90 Å². The first-order valence-corrected chi connectivity index (χ1v) is 12.7. The van der Waals surface area contributed by atoms with Crippen molar-refractivity contribution in [2.45, 2.75) is 33.4 Å². The molecule has 5 nitrogen and oxygen atoms in total. The molecule has 0 spiro atoms. The van der Waals surface area contributed by atoms with Gasteiger partial charge in [-0.1, -0.05) is 46.3 Å². The number of hydrogen-bond donors (Lipinski definition) is 1. The molecule has 1 unspecified atom stereocenters. The summed E-state index contributed by atoms with van der Waals surface area (Å²) in [6, 6.07) is 18.0. The van der Waals surface area contributed by atoms with Gasteiger partial charge in [0.2, 0.25) is 0 Å². The summed E-state index contributed by atoms with van der Waals surface area (Å²) in [5, 5.41) is 11.3. The molecule has 3 aromatic carbocycles. The fourth-order valence-electron chi connectivity index (χ4n) is 4.58. The highest BCUT2D eigenvalue weighted by molar-refractivity contribution is 9.10. The number of benzene rings is 3. The maximum atomic E-state index is 13.5. The number of ketones is 1. The van der Waals surface area contributed by atoms with Crippen LogP contribution in [-0.4, -0.2) is 34.8 Å². The molecule has 1 aliphatic rings. The maximum Gasteiger partial charge on any atom is 0.295 e. The fraction of sp³-hybridized carbons (Fsp3) is 0.241. The van der Waals surface area contributed by atoms with Gasteiger partial charge in [0.25, 0.3) is 11.7 Å². The maximum absolute atomic E-state index is 13.5. The van der Waals surface area contributed by atoms with Crippen molar-refractivity contribution in [1.29, 1.82) is 0 Å². The van der Waals surface area contributed by atoms with Gasteiger partial charge in [0.05, 0.1) is 11.6 Å². The molecule has 1 aliphatic heterocycles. The summed E-state index contributed by atoms with van der Waals surface area (Å²) in [4.78, 5) is 30.2. The van der Waals surface area contributed by atoms with Gasteiger partial charge >= 0.3 is 0 Å². The lowest BCUT2D eigenvalue weighted by atomic mass is 9.94. The number of nitrogens with zero attached hydrogens (tertiary/aromatic N) is 2. The molecule has 0 aliphatic carbocycles. The summed E-state index contributed by atoms with van der Waals surface area (Å²) in [7, 11) is 0. The molecule has 1 N–H and O–H groups in total. The van der Waals surface area contributed by atoms with Crippen LogP contribution in [0.2, 0.25) is 0 Å². The number of carbonyl (C=O) groups is 2. The van der Waals surface area contributed by atoms with Crippen molar-refractivity contribution in [2.75, 3.05) is 18.0 Å². The smallest absolute Gasteiger partial charge is 0.295 e. The number of anilines is 1. The molecule has 1 amide bonds. The Hall–Kier alpha value is -3.45. The van der Waals surface area contributed by atoms with E-state index in [0.717, 1.165) is 28.8 Å². The number of likely N-dealkylation sites (tertiary alicyclic amines) is 1. The molecule has 7 heteroatoms. The second-order valence-corrected chi connectivity index (χ2v) is 9.64. The number of Topliss-reactive ketones (excluding diaryl/α,β-unsaturated/α-hetero) is 1. The lowest BCUT2D eigenvalue weighted by Gasteiger charge is -2.27. The summed E-state index contributed by atoms with van der Waals surface area (Å²) in [5.41, 5.74) is 3.81. The molecule has 0 radical (unpaired) electrons. The first kappa shape index (κ1) is 25.6. The second kappa shape index (κ2) is 10.7. The molecule has 1 heterocycles. The third kappa shape index (κ3) is 4.93. The van der Waals surface area contributed by atoms with E-state index < -0.39 is 17.7 Å². The van der Waals surface area contributed by atoms with Crippen molar-refractivity contribution in [3.05, 3.63) is 105 Å². The van der Waals surface area contributed by atoms with Crippen LogP contribution >= 0.6 is 15.9 Å². The SMILES string of the molecule is CCN(CC)c1ccc(C2/C(=C(/O)c3ccc(Br)c(C)c3)C(=O)C(=O)N2Cc2ccc(F)cc2)cc1. The van der Waals surface area contributed by atoms with Gasteiger partial charge in [-0.25, -0.2) is 4.39 Å². The third-order valence-corrected chi connectivity index (χ3v) is 7.46. The summed E-state index contributed by atoms with van der Waals surface area (Å²) in [6.45, 7) is 7.84. The summed E-state index contributed by atoms with van der Waals surface area (Å²) in [6.07, 6.45) is 0. The zero-order valence-electron chi connectivity index (χ0n) is 20.5. The van der Waals surface area contributed by atoms with Crippen LogP contribution in [0.3, 0.4) is 0 Å². The third-order valence-electron chi connectivity index (χ3n) is 6.57. The molecule has 4 rings (SSSR count). The number of aliphatic hydroxyl groups excluding tert-OH is 1. The van der Waals surface area contributed by atoms with E-state index in [0.29, 0.717) is 16.7 Å². The van der Waals surface area contributed by atoms with Crippen LogP contribution in [-0.2, 0) is 16.1 Å². The van der Waals surface area contributed by atoms with E-state index in [-0.39, 0.29) is 23.7 Å². The van der Waals surface area contributed by atoms with Crippen molar-refractivity contribution >= 4 is 39.1 Å². The minimum absolute atomic E-state index is 0.0411. The molecule has 0 aromatic heterocycles. The Morgan fingerprint density at radius 1 is 1.00 bits per heavy atom. The van der Waals surface area contributed by atoms with Crippen LogP contribution in [0.4, 0.5) is 10.1 Å². The number of carbonyl (C=O) groups excluding carboxylic acids is 2. The van der Waals surface area contributed by atoms with Crippen LogP contribution in [0.5, 0.6) is 0 Å². The highest BCUT2D eigenvalue weighted by atomic mass is 79.9. The predicted octanol–water partition coefficient (Wildman–Crippen LogP) is 6.36. The summed E-state index contributed by atoms with van der Waals surface area (Å²) < 4.78 is 14.4. The quantitative estimate of drug-likeness (QED) is 0.211. The van der Waals surface area contributed by atoms with Crippen LogP contribution in [0.25, 0.3) is 5.76 Å². The molecule has 3 aromatic rings. The molecule has 1 fully saturated rings. The topological polar surface area (TPSA) is 60.9 Å². The first-order valence-electron chi connectivity index (χ1n) is 11.9. The van der Waals surface area contributed by atoms with Crippen LogP contribution in [0.1, 0.15) is 42.1 Å². The van der Waals surface area contributed by atoms with Gasteiger partial charge in [-0.05, 0) is 73.9 Å². The van der Waals surface area contributed by atoms with Crippen molar-refractivity contribution in [3.8, 4) is 0 Å². The lowest BCUT2D eigenvalue weighted by molar-refractivity contribution is -0.140. The molecule has 36 heavy (non-hydrogen) atoms. The molecule has 186 valence electrons. The zero-order valence-corrected chi connectivity index (χ0v) is 22.0. The number of amides is 1. The number of halogens is 2. The molecule has 0 bridgehead atoms. The van der Waals surface area contributed by atoms with Gasteiger partial charge in [-0.3, -0.25) is 9.59 Å². The Bertz CT molecular complexity index is 1320. The summed E-state index contributed by atoms with van der Waals surface area (Å²) in [5.74, 6) is -2.04. The minimum atomic E-state index is -0.787. The highest BCUT2D eigenvalue weighted by Gasteiger charge is 2.46. The van der Waals surface area contributed by atoms with Crippen molar-refractivity contribution in [2.24, 2.45) is 0 Å². The van der Waals surface area contributed by atoms with Gasteiger partial charge in [0, 0.05) is 35.4 Å². The number of hydrogen-bond acceptors (Lipinski definition) is 4. The first-order chi connectivity index (χ1) is 17.2. The van der Waals surface area contributed by atoms with E-state index in [1.807, 2.05) is 31.2 Å². The normalized spacial score (nSPS) is 17.0. The largest absolute Gasteiger partial charge is 0.507 e. The number of aryl methyl sites for hydroxylation is 1. The van der Waals surface area contributed by atoms with Crippen molar-refractivity contribution in [3.63, 3.8) is 0 Å². The predicted molar refractivity (Wildman–Crippen MR) is 143 cm³/mol. The Morgan fingerprint density at radius 2 is 1.64 bits per heavy atom. The average Bonchev–Trinajstić information content (AvgIpc) is 3.12. The molecule has 0 saturated carbocycles. The molecular formula is C29H28BrFN2O3. The van der Waals surface area contributed by atoms with E-state index in [1.165, 1.54) is 17.0 Å². The molecule has 1 atom stereocenters. The Balaban J connectivity index is 1.84. The van der Waals surface area contributed by atoms with E-state index >= 15 is 0 Å². The Morgan fingerprint density at radius 3 is 2.22 bits per heavy atom. The van der Waals surface area contributed by atoms with E-state index in [9.17, 15) is 19.1 Å². The second-order valence-electron chi connectivity index (χ2n) is 8.78. The molecular weight excluding hydrogens is 523 g/mol. The average molecular weight is 551 g/mol. The highest BCUT2D eigenvalue weighted by Crippen LogP contribution is 2.41. The standard InChI is InChI=1S/C29H28BrFN2O3/c1-4-32(5-2)23-13-8-20(9-14-23)26-25(27(34)21-10-15-24(30)18(3)16-21)28(35)29(36)33(26)17-19-6-11-22(31)12-7-19/h6-16,26,34H,4-5,17H2,1-3H3/b27-25-. The fourth-order valence-corrected chi connectivity index (χ4v) is 4.83. The minimum Gasteiger partial charge on any atom is -0.507 e. The van der Waals surface area contributed by atoms with Crippen molar-refractivity contribution < 1.29 is 19.1 Å². The van der Waals surface area contributed by atoms with Crippen LogP contribution in [0, 0.1) is 12.7 Å². The Labute approximate surface area is 219 Å². The van der Waals surface area contributed by atoms with E-state index in [2.05, 4.69) is 34.7 Å². The van der Waals surface area contributed by atoms with Gasteiger partial charge in [-0.15, -0.1) is 0 Å². The van der Waals surface area contributed by atoms with E-state index in [1.54, 1.807) is 30.3 Å². The Kier molecular flexibility index (Phi) is 7.59. The monoisotopic (exact) mass is 550 g/mol. The van der Waals surface area contributed by atoms with Gasteiger partial charge in [0.15, 0.2) is 0 Å². The van der Waals surface area contributed by atoms with Crippen LogP contribution in [0.15, 0.2) is 76.8 Å². The van der Waals surface area contributed by atoms with Gasteiger partial charge < -0.3 is 14.9 Å². The number of aliphatic hydroxyl groups is 1. The lowest BCUT2D eigenvalue weighted by Crippen LogP contribution is -2.29. The van der Waals surface area contributed by atoms with E-state index in [4.69, 9.17) is 0 Å². The van der Waals surface area contributed by atoms with Crippen LogP contribution < -0.4 is 4.90 Å².